The molecule has 1 aromatic carbocycles. The van der Waals surface area contributed by atoms with Crippen LogP contribution in [0, 0.1) is 0 Å². The summed E-state index contributed by atoms with van der Waals surface area (Å²) in [5.41, 5.74) is 2.61. The first-order valence-corrected chi connectivity index (χ1v) is 10.8. The standard InChI is InChI=1S/C22H33N5O2.HI/c1-2-23-22(25-16-21(29)26-13-5-6-14-26)24-12-7-10-20(28)27-15-11-18-8-3-4-9-19(18)17-27;/h3-4,8-9H,2,5-7,10-17H2,1H3,(H2,23,24,25);1H. The fourth-order valence-corrected chi connectivity index (χ4v) is 3.87. The van der Waals surface area contributed by atoms with E-state index in [9.17, 15) is 9.59 Å². The molecule has 166 valence electrons. The molecule has 2 amide bonds. The minimum Gasteiger partial charge on any atom is -0.357 e. The van der Waals surface area contributed by atoms with Crippen LogP contribution in [0.3, 0.4) is 0 Å². The molecule has 0 unspecified atom stereocenters. The van der Waals surface area contributed by atoms with Gasteiger partial charge in [0, 0.05) is 45.7 Å². The highest BCUT2D eigenvalue weighted by atomic mass is 127. The van der Waals surface area contributed by atoms with E-state index in [1.807, 2.05) is 22.8 Å². The van der Waals surface area contributed by atoms with Gasteiger partial charge in [-0.3, -0.25) is 9.59 Å². The number of amides is 2. The van der Waals surface area contributed by atoms with Crippen molar-refractivity contribution in [2.45, 2.75) is 45.6 Å². The van der Waals surface area contributed by atoms with Crippen LogP contribution < -0.4 is 10.6 Å². The molecule has 1 saturated heterocycles. The molecule has 0 atom stereocenters. The van der Waals surface area contributed by atoms with Gasteiger partial charge in [-0.1, -0.05) is 24.3 Å². The van der Waals surface area contributed by atoms with Gasteiger partial charge in [-0.25, -0.2) is 4.99 Å². The molecule has 7 nitrogen and oxygen atoms in total. The molecule has 0 radical (unpaired) electrons. The lowest BCUT2D eigenvalue weighted by molar-refractivity contribution is -0.132. The van der Waals surface area contributed by atoms with Crippen molar-refractivity contribution in [3.63, 3.8) is 0 Å². The van der Waals surface area contributed by atoms with E-state index in [0.717, 1.165) is 51.9 Å². The lowest BCUT2D eigenvalue weighted by atomic mass is 9.99. The number of carbonyl (C=O) groups excluding carboxylic acids is 2. The summed E-state index contributed by atoms with van der Waals surface area (Å²) < 4.78 is 0. The van der Waals surface area contributed by atoms with Gasteiger partial charge in [-0.05, 0) is 43.7 Å². The number of hydrogen-bond donors (Lipinski definition) is 2. The Balaban J connectivity index is 0.00000320. The van der Waals surface area contributed by atoms with Gasteiger partial charge < -0.3 is 20.4 Å². The number of guanidine groups is 1. The summed E-state index contributed by atoms with van der Waals surface area (Å²) >= 11 is 0. The Labute approximate surface area is 196 Å². The smallest absolute Gasteiger partial charge is 0.244 e. The van der Waals surface area contributed by atoms with Crippen LogP contribution in [0.1, 0.15) is 43.7 Å². The van der Waals surface area contributed by atoms with Crippen molar-refractivity contribution in [2.24, 2.45) is 4.99 Å². The van der Waals surface area contributed by atoms with Gasteiger partial charge in [0.2, 0.25) is 11.8 Å². The number of hydrogen-bond acceptors (Lipinski definition) is 3. The number of aliphatic imine (C=N–C) groups is 1. The van der Waals surface area contributed by atoms with Crippen molar-refractivity contribution < 1.29 is 9.59 Å². The second-order valence-electron chi connectivity index (χ2n) is 7.65. The van der Waals surface area contributed by atoms with Crippen molar-refractivity contribution in [2.75, 3.05) is 39.3 Å². The second-order valence-corrected chi connectivity index (χ2v) is 7.65. The molecule has 1 fully saturated rings. The van der Waals surface area contributed by atoms with Crippen molar-refractivity contribution in [3.8, 4) is 0 Å². The lowest BCUT2D eigenvalue weighted by Crippen LogP contribution is -2.40. The molecule has 30 heavy (non-hydrogen) atoms. The maximum atomic E-state index is 12.5. The average molecular weight is 527 g/mol. The minimum absolute atomic E-state index is 0. The number of nitrogens with zero attached hydrogens (tertiary/aromatic N) is 3. The van der Waals surface area contributed by atoms with Crippen molar-refractivity contribution in [3.05, 3.63) is 35.4 Å². The van der Waals surface area contributed by atoms with Gasteiger partial charge in [-0.15, -0.1) is 24.0 Å². The van der Waals surface area contributed by atoms with Crippen LogP contribution in [0.5, 0.6) is 0 Å². The van der Waals surface area contributed by atoms with Crippen LogP contribution in [0.15, 0.2) is 29.3 Å². The van der Waals surface area contributed by atoms with Gasteiger partial charge in [0.05, 0.1) is 0 Å². The molecule has 0 spiro atoms. The molecule has 0 saturated carbocycles. The second kappa shape index (κ2) is 12.8. The summed E-state index contributed by atoms with van der Waals surface area (Å²) in [6.45, 7) is 6.76. The van der Waals surface area contributed by atoms with E-state index in [4.69, 9.17) is 0 Å². The predicted molar refractivity (Wildman–Crippen MR) is 130 cm³/mol. The molecule has 2 aliphatic rings. The topological polar surface area (TPSA) is 77.0 Å². The van der Waals surface area contributed by atoms with Crippen molar-refractivity contribution in [1.29, 1.82) is 0 Å². The Morgan fingerprint density at radius 3 is 2.47 bits per heavy atom. The van der Waals surface area contributed by atoms with Crippen molar-refractivity contribution >= 4 is 41.8 Å². The normalized spacial score (nSPS) is 16.0. The zero-order chi connectivity index (χ0) is 20.5. The molecular weight excluding hydrogens is 493 g/mol. The molecule has 8 heteroatoms. The number of halogens is 1. The monoisotopic (exact) mass is 527 g/mol. The van der Waals surface area contributed by atoms with Crippen LogP contribution >= 0.6 is 24.0 Å². The van der Waals surface area contributed by atoms with Gasteiger partial charge >= 0.3 is 0 Å². The molecule has 1 aromatic rings. The third kappa shape index (κ3) is 7.14. The van der Waals surface area contributed by atoms with Gasteiger partial charge in [0.15, 0.2) is 5.96 Å². The maximum absolute atomic E-state index is 12.5. The first-order valence-electron chi connectivity index (χ1n) is 10.8. The fourth-order valence-electron chi connectivity index (χ4n) is 3.87. The Hall–Kier alpha value is -1.84. The summed E-state index contributed by atoms with van der Waals surface area (Å²) in [5.74, 6) is 0.923. The highest BCUT2D eigenvalue weighted by molar-refractivity contribution is 14.0. The first-order chi connectivity index (χ1) is 14.2. The van der Waals surface area contributed by atoms with E-state index in [2.05, 4.69) is 33.8 Å². The van der Waals surface area contributed by atoms with Crippen LogP contribution in [-0.2, 0) is 22.6 Å². The Bertz CT molecular complexity index is 734. The summed E-state index contributed by atoms with van der Waals surface area (Å²) in [6, 6.07) is 8.35. The number of fused-ring (bicyclic) bond motifs is 1. The van der Waals surface area contributed by atoms with E-state index in [1.54, 1.807) is 0 Å². The Morgan fingerprint density at radius 2 is 1.73 bits per heavy atom. The maximum Gasteiger partial charge on any atom is 0.244 e. The summed E-state index contributed by atoms with van der Waals surface area (Å²) in [4.78, 5) is 32.9. The SMILES string of the molecule is CCNC(=NCC(=O)N1CCCC1)NCCCC(=O)N1CCc2ccccc2C1.I. The van der Waals surface area contributed by atoms with E-state index >= 15 is 0 Å². The number of benzene rings is 1. The van der Waals surface area contributed by atoms with E-state index in [1.165, 1.54) is 11.1 Å². The number of nitrogens with one attached hydrogen (secondary N) is 2. The summed E-state index contributed by atoms with van der Waals surface area (Å²) in [6.07, 6.45) is 4.36. The Morgan fingerprint density at radius 1 is 1.00 bits per heavy atom. The molecule has 3 rings (SSSR count). The fraction of sp³-hybridized carbons (Fsp3) is 0.591. The highest BCUT2D eigenvalue weighted by Gasteiger charge is 2.20. The highest BCUT2D eigenvalue weighted by Crippen LogP contribution is 2.19. The summed E-state index contributed by atoms with van der Waals surface area (Å²) in [5, 5.41) is 6.40. The average Bonchev–Trinajstić information content (AvgIpc) is 3.29. The van der Waals surface area contributed by atoms with Crippen LogP contribution in [0.4, 0.5) is 0 Å². The molecule has 0 aromatic heterocycles. The molecule has 2 N–H and O–H groups in total. The van der Waals surface area contributed by atoms with E-state index in [-0.39, 0.29) is 42.3 Å². The lowest BCUT2D eigenvalue weighted by Gasteiger charge is -2.29. The molecule has 2 aliphatic heterocycles. The van der Waals surface area contributed by atoms with Crippen molar-refractivity contribution in [1.82, 2.24) is 20.4 Å². The predicted octanol–water partition coefficient (Wildman–Crippen LogP) is 2.15. The number of rotatable bonds is 7. The molecule has 0 bridgehead atoms. The largest absolute Gasteiger partial charge is 0.357 e. The number of carbonyl (C=O) groups is 2. The molecule has 2 heterocycles. The van der Waals surface area contributed by atoms with Gasteiger partial charge in [0.1, 0.15) is 6.54 Å². The zero-order valence-corrected chi connectivity index (χ0v) is 20.2. The van der Waals surface area contributed by atoms with Crippen LogP contribution in [-0.4, -0.2) is 66.8 Å². The van der Waals surface area contributed by atoms with E-state index < -0.39 is 0 Å². The Kier molecular flexibility index (Phi) is 10.4. The van der Waals surface area contributed by atoms with Gasteiger partial charge in [0.25, 0.3) is 0 Å². The van der Waals surface area contributed by atoms with Crippen LogP contribution in [0.2, 0.25) is 0 Å². The third-order valence-corrected chi connectivity index (χ3v) is 5.52. The third-order valence-electron chi connectivity index (χ3n) is 5.52. The van der Waals surface area contributed by atoms with Crippen LogP contribution in [0.25, 0.3) is 0 Å². The summed E-state index contributed by atoms with van der Waals surface area (Å²) in [7, 11) is 0. The quantitative estimate of drug-likeness (QED) is 0.247. The molecule has 0 aliphatic carbocycles. The van der Waals surface area contributed by atoms with E-state index in [0.29, 0.717) is 25.5 Å². The number of likely N-dealkylation sites (tertiary alicyclic amines) is 1. The first kappa shape index (κ1) is 24.4. The molecular formula is C22H34IN5O2. The minimum atomic E-state index is 0. The zero-order valence-electron chi connectivity index (χ0n) is 17.9. The van der Waals surface area contributed by atoms with Gasteiger partial charge in [-0.2, -0.15) is 0 Å².